The number of nitrogens with zero attached hydrogens (tertiary/aromatic N) is 2. The van der Waals surface area contributed by atoms with Crippen LogP contribution in [0.5, 0.6) is 0 Å². The monoisotopic (exact) mass is 282 g/mol. The Hall–Kier alpha value is -2.69. The summed E-state index contributed by atoms with van der Waals surface area (Å²) in [7, 11) is 0. The van der Waals surface area contributed by atoms with Crippen LogP contribution in [0, 0.1) is 13.8 Å². The van der Waals surface area contributed by atoms with E-state index in [9.17, 15) is 4.79 Å². The maximum Gasteiger partial charge on any atom is 0.342 e. The largest absolute Gasteiger partial charge is 0.469 e. The number of ether oxygens (including phenoxy) is 1. The van der Waals surface area contributed by atoms with Crippen molar-refractivity contribution in [1.29, 1.82) is 0 Å². The topological polar surface area (TPSA) is 65.2 Å². The van der Waals surface area contributed by atoms with Crippen LogP contribution in [-0.2, 0) is 11.3 Å². The van der Waals surface area contributed by atoms with Crippen LogP contribution in [0.25, 0.3) is 11.0 Å². The van der Waals surface area contributed by atoms with Gasteiger partial charge in [0.15, 0.2) is 0 Å². The second-order valence-electron chi connectivity index (χ2n) is 4.71. The molecule has 0 aliphatic carbocycles. The van der Waals surface area contributed by atoms with Gasteiger partial charge in [-0.15, -0.1) is 0 Å². The van der Waals surface area contributed by atoms with Crippen LogP contribution in [0.2, 0.25) is 0 Å². The molecule has 0 atom stereocenters. The first kappa shape index (κ1) is 13.3. The summed E-state index contributed by atoms with van der Waals surface area (Å²) in [6.45, 7) is 3.66. The van der Waals surface area contributed by atoms with Gasteiger partial charge in [0.2, 0.25) is 0 Å². The average molecular weight is 282 g/mol. The average Bonchev–Trinajstić information content (AvgIpc) is 2.91. The summed E-state index contributed by atoms with van der Waals surface area (Å²) in [6, 6.07) is 9.19. The van der Waals surface area contributed by atoms with Crippen LogP contribution in [0.1, 0.15) is 27.5 Å². The number of esters is 1. The number of carbonyl (C=O) groups is 1. The Bertz CT molecular complexity index is 808. The van der Waals surface area contributed by atoms with Crippen molar-refractivity contribution in [2.24, 2.45) is 0 Å². The molecular formula is C16H14N2O3. The van der Waals surface area contributed by atoms with Gasteiger partial charge in [-0.2, -0.15) is 0 Å². The first-order chi connectivity index (χ1) is 10.1. The van der Waals surface area contributed by atoms with E-state index in [0.717, 1.165) is 16.7 Å². The Morgan fingerprint density at radius 2 is 1.86 bits per heavy atom. The number of hydrogen-bond donors (Lipinski definition) is 0. The standard InChI is InChI=1S/C16H14N2O3/c1-10-15(18-14-6-4-3-5-13(14)17-10)9-21-16(19)12-7-8-20-11(12)2/h3-8H,9H2,1-2H3. The van der Waals surface area contributed by atoms with E-state index >= 15 is 0 Å². The van der Waals surface area contributed by atoms with Crippen molar-refractivity contribution in [1.82, 2.24) is 9.97 Å². The molecule has 106 valence electrons. The second-order valence-corrected chi connectivity index (χ2v) is 4.71. The molecule has 0 spiro atoms. The SMILES string of the molecule is Cc1nc2ccccc2nc1COC(=O)c1ccoc1C. The van der Waals surface area contributed by atoms with E-state index in [-0.39, 0.29) is 6.61 Å². The highest BCUT2D eigenvalue weighted by atomic mass is 16.5. The van der Waals surface area contributed by atoms with E-state index in [0.29, 0.717) is 17.0 Å². The molecule has 0 aliphatic heterocycles. The van der Waals surface area contributed by atoms with E-state index in [4.69, 9.17) is 9.15 Å². The Labute approximate surface area is 121 Å². The van der Waals surface area contributed by atoms with E-state index < -0.39 is 5.97 Å². The van der Waals surface area contributed by atoms with Gasteiger partial charge < -0.3 is 9.15 Å². The normalized spacial score (nSPS) is 10.8. The molecule has 0 unspecified atom stereocenters. The van der Waals surface area contributed by atoms with Gasteiger partial charge in [0.25, 0.3) is 0 Å². The Morgan fingerprint density at radius 1 is 1.14 bits per heavy atom. The van der Waals surface area contributed by atoms with Gasteiger partial charge >= 0.3 is 5.97 Å². The lowest BCUT2D eigenvalue weighted by atomic mass is 10.2. The zero-order valence-electron chi connectivity index (χ0n) is 11.8. The van der Waals surface area contributed by atoms with Gasteiger partial charge in [0.05, 0.1) is 28.7 Å². The van der Waals surface area contributed by atoms with E-state index in [1.807, 2.05) is 31.2 Å². The summed E-state index contributed by atoms with van der Waals surface area (Å²) in [5, 5.41) is 0. The molecule has 0 bridgehead atoms. The maximum atomic E-state index is 11.9. The van der Waals surface area contributed by atoms with Crippen molar-refractivity contribution in [2.75, 3.05) is 0 Å². The molecule has 0 radical (unpaired) electrons. The van der Waals surface area contributed by atoms with Gasteiger partial charge in [0, 0.05) is 0 Å². The number of hydrogen-bond acceptors (Lipinski definition) is 5. The van der Waals surface area contributed by atoms with Crippen LogP contribution in [0.15, 0.2) is 41.0 Å². The molecule has 0 N–H and O–H groups in total. The number of rotatable bonds is 3. The first-order valence-electron chi connectivity index (χ1n) is 6.58. The quantitative estimate of drug-likeness (QED) is 0.690. The molecule has 0 amide bonds. The summed E-state index contributed by atoms with van der Waals surface area (Å²) >= 11 is 0. The second kappa shape index (κ2) is 5.36. The van der Waals surface area contributed by atoms with Crippen molar-refractivity contribution >= 4 is 17.0 Å². The number of fused-ring (bicyclic) bond motifs is 1. The fourth-order valence-corrected chi connectivity index (χ4v) is 2.07. The molecule has 5 nitrogen and oxygen atoms in total. The number of furan rings is 1. The van der Waals surface area contributed by atoms with Crippen LogP contribution in [0.3, 0.4) is 0 Å². The van der Waals surface area contributed by atoms with Crippen molar-refractivity contribution in [3.63, 3.8) is 0 Å². The number of aryl methyl sites for hydroxylation is 2. The smallest absolute Gasteiger partial charge is 0.342 e. The Kier molecular flexibility index (Phi) is 3.39. The Morgan fingerprint density at radius 3 is 2.52 bits per heavy atom. The zero-order valence-corrected chi connectivity index (χ0v) is 11.8. The van der Waals surface area contributed by atoms with Gasteiger partial charge in [-0.05, 0) is 32.0 Å². The third kappa shape index (κ3) is 2.63. The number of carbonyl (C=O) groups excluding carboxylic acids is 1. The lowest BCUT2D eigenvalue weighted by Gasteiger charge is -2.07. The summed E-state index contributed by atoms with van der Waals surface area (Å²) < 4.78 is 10.4. The molecule has 3 aromatic rings. The molecule has 21 heavy (non-hydrogen) atoms. The van der Waals surface area contributed by atoms with Crippen LogP contribution >= 0.6 is 0 Å². The minimum Gasteiger partial charge on any atom is -0.469 e. The number of para-hydroxylation sites is 2. The fraction of sp³-hybridized carbons (Fsp3) is 0.188. The van der Waals surface area contributed by atoms with Gasteiger partial charge in [-0.1, -0.05) is 12.1 Å². The summed E-state index contributed by atoms with van der Waals surface area (Å²) in [6.07, 6.45) is 1.47. The lowest BCUT2D eigenvalue weighted by Crippen LogP contribution is -2.08. The third-order valence-electron chi connectivity index (χ3n) is 3.26. The lowest BCUT2D eigenvalue weighted by molar-refractivity contribution is 0.0465. The molecule has 3 rings (SSSR count). The summed E-state index contributed by atoms with van der Waals surface area (Å²) in [4.78, 5) is 20.9. The maximum absolute atomic E-state index is 11.9. The van der Waals surface area contributed by atoms with Crippen molar-refractivity contribution in [2.45, 2.75) is 20.5 Å². The number of aromatic nitrogens is 2. The minimum atomic E-state index is -0.421. The van der Waals surface area contributed by atoms with E-state index in [2.05, 4.69) is 9.97 Å². The predicted molar refractivity (Wildman–Crippen MR) is 76.8 cm³/mol. The Balaban J connectivity index is 1.80. The summed E-state index contributed by atoms with van der Waals surface area (Å²) in [5.74, 6) is 0.122. The van der Waals surface area contributed by atoms with Gasteiger partial charge in [0.1, 0.15) is 17.9 Å². The molecule has 1 aromatic carbocycles. The van der Waals surface area contributed by atoms with Gasteiger partial charge in [-0.3, -0.25) is 0 Å². The van der Waals surface area contributed by atoms with Crippen LogP contribution in [0.4, 0.5) is 0 Å². The minimum absolute atomic E-state index is 0.0904. The molecule has 0 aliphatic rings. The highest BCUT2D eigenvalue weighted by molar-refractivity contribution is 5.90. The van der Waals surface area contributed by atoms with Crippen LogP contribution < -0.4 is 0 Å². The summed E-state index contributed by atoms with van der Waals surface area (Å²) in [5.41, 5.74) is 3.46. The predicted octanol–water partition coefficient (Wildman–Crippen LogP) is 3.20. The molecule has 0 saturated heterocycles. The molecule has 0 fully saturated rings. The fourth-order valence-electron chi connectivity index (χ4n) is 2.07. The number of benzene rings is 1. The van der Waals surface area contributed by atoms with Crippen molar-refractivity contribution < 1.29 is 13.9 Å². The zero-order chi connectivity index (χ0) is 14.8. The van der Waals surface area contributed by atoms with E-state index in [1.165, 1.54) is 6.26 Å². The molecule has 5 heteroatoms. The molecular weight excluding hydrogens is 268 g/mol. The van der Waals surface area contributed by atoms with Crippen molar-refractivity contribution in [3.8, 4) is 0 Å². The molecule has 2 heterocycles. The molecule has 0 saturated carbocycles. The van der Waals surface area contributed by atoms with E-state index in [1.54, 1.807) is 13.0 Å². The highest BCUT2D eigenvalue weighted by Crippen LogP contribution is 2.15. The van der Waals surface area contributed by atoms with Crippen LogP contribution in [-0.4, -0.2) is 15.9 Å². The third-order valence-corrected chi connectivity index (χ3v) is 3.26. The molecule has 2 aromatic heterocycles. The van der Waals surface area contributed by atoms with Gasteiger partial charge in [-0.25, -0.2) is 14.8 Å². The first-order valence-corrected chi connectivity index (χ1v) is 6.58. The van der Waals surface area contributed by atoms with Crippen molar-refractivity contribution in [3.05, 3.63) is 59.3 Å². The highest BCUT2D eigenvalue weighted by Gasteiger charge is 2.14.